The molecule has 118 valence electrons. The van der Waals surface area contributed by atoms with Gasteiger partial charge >= 0.3 is 0 Å². The first-order chi connectivity index (χ1) is 10.7. The average molecular weight is 300 g/mol. The lowest BCUT2D eigenvalue weighted by atomic mass is 9.89. The monoisotopic (exact) mass is 300 g/mol. The highest BCUT2D eigenvalue weighted by atomic mass is 16.5. The minimum atomic E-state index is 0.104. The summed E-state index contributed by atoms with van der Waals surface area (Å²) in [6.07, 6.45) is 7.12. The molecule has 1 amide bonds. The summed E-state index contributed by atoms with van der Waals surface area (Å²) in [7, 11) is 0. The summed E-state index contributed by atoms with van der Waals surface area (Å²) in [5, 5.41) is 6.60. The second-order valence-electron chi connectivity index (χ2n) is 6.36. The van der Waals surface area contributed by atoms with Crippen molar-refractivity contribution in [3.8, 4) is 5.75 Å². The maximum absolute atomic E-state index is 12.3. The van der Waals surface area contributed by atoms with Crippen LogP contribution < -0.4 is 15.4 Å². The van der Waals surface area contributed by atoms with Crippen molar-refractivity contribution >= 4 is 11.6 Å². The number of hydrogen-bond donors (Lipinski definition) is 2. The van der Waals surface area contributed by atoms with E-state index in [1.54, 1.807) is 6.08 Å². The van der Waals surface area contributed by atoms with Gasteiger partial charge in [-0.1, -0.05) is 18.7 Å². The Morgan fingerprint density at radius 1 is 1.36 bits per heavy atom. The number of fused-ring (bicyclic) bond motifs is 2. The molecule has 1 aromatic rings. The molecule has 22 heavy (non-hydrogen) atoms. The first-order valence-electron chi connectivity index (χ1n) is 8.12. The van der Waals surface area contributed by atoms with Crippen molar-refractivity contribution < 1.29 is 9.53 Å². The number of piperidine rings is 1. The Labute approximate surface area is 131 Å². The minimum Gasteiger partial charge on any atom is -0.489 e. The number of carbonyl (C=O) groups is 1. The lowest BCUT2D eigenvalue weighted by Crippen LogP contribution is -2.39. The molecule has 0 aromatic heterocycles. The third-order valence-electron chi connectivity index (χ3n) is 4.53. The van der Waals surface area contributed by atoms with Gasteiger partial charge in [0.05, 0.1) is 0 Å². The quantitative estimate of drug-likeness (QED) is 0.794. The number of nitrogens with one attached hydrogen (secondary N) is 2. The molecule has 1 aromatic carbocycles. The zero-order chi connectivity index (χ0) is 15.4. The number of rotatable bonds is 6. The second-order valence-corrected chi connectivity index (χ2v) is 6.36. The van der Waals surface area contributed by atoms with Crippen LogP contribution in [0.4, 0.5) is 5.69 Å². The van der Waals surface area contributed by atoms with Gasteiger partial charge in [0.25, 0.3) is 0 Å². The maximum Gasteiger partial charge on any atom is 0.224 e. The predicted molar refractivity (Wildman–Crippen MR) is 88.1 cm³/mol. The lowest BCUT2D eigenvalue weighted by Gasteiger charge is -2.28. The van der Waals surface area contributed by atoms with Gasteiger partial charge in [-0.3, -0.25) is 4.79 Å². The Bertz CT molecular complexity index is 532. The van der Waals surface area contributed by atoms with Gasteiger partial charge in [0.15, 0.2) is 0 Å². The van der Waals surface area contributed by atoms with Gasteiger partial charge in [0, 0.05) is 30.3 Å². The molecular formula is C18H24N2O2. The molecule has 4 nitrogen and oxygen atoms in total. The van der Waals surface area contributed by atoms with E-state index >= 15 is 0 Å². The zero-order valence-corrected chi connectivity index (χ0v) is 12.9. The van der Waals surface area contributed by atoms with Gasteiger partial charge in [0.2, 0.25) is 5.91 Å². The molecule has 2 fully saturated rings. The van der Waals surface area contributed by atoms with Crippen LogP contribution in [-0.2, 0) is 4.79 Å². The van der Waals surface area contributed by atoms with Gasteiger partial charge in [-0.15, -0.1) is 0 Å². The smallest absolute Gasteiger partial charge is 0.224 e. The Balaban J connectivity index is 1.52. The van der Waals surface area contributed by atoms with Crippen molar-refractivity contribution in [1.82, 2.24) is 5.32 Å². The highest BCUT2D eigenvalue weighted by Gasteiger charge is 2.34. The fourth-order valence-electron chi connectivity index (χ4n) is 3.63. The topological polar surface area (TPSA) is 50.4 Å². The van der Waals surface area contributed by atoms with Crippen LogP contribution in [0.5, 0.6) is 5.75 Å². The fourth-order valence-corrected chi connectivity index (χ4v) is 3.63. The van der Waals surface area contributed by atoms with E-state index in [9.17, 15) is 4.79 Å². The van der Waals surface area contributed by atoms with Crippen LogP contribution >= 0.6 is 0 Å². The molecule has 2 atom stereocenters. The Morgan fingerprint density at radius 2 is 2.14 bits per heavy atom. The lowest BCUT2D eigenvalue weighted by molar-refractivity contribution is -0.117. The number of benzene rings is 1. The molecule has 2 aliphatic heterocycles. The molecule has 0 radical (unpaired) electrons. The SMILES string of the molecule is C=CCOc1cccc(NC(=O)CC2CC3CCC(C2)N3)c1. The highest BCUT2D eigenvalue weighted by Crippen LogP contribution is 2.32. The van der Waals surface area contributed by atoms with E-state index in [4.69, 9.17) is 4.74 Å². The Kier molecular flexibility index (Phi) is 4.78. The van der Waals surface area contributed by atoms with Crippen LogP contribution in [0.3, 0.4) is 0 Å². The molecule has 2 bridgehead atoms. The van der Waals surface area contributed by atoms with Crippen LogP contribution in [0.2, 0.25) is 0 Å². The van der Waals surface area contributed by atoms with Gasteiger partial charge < -0.3 is 15.4 Å². The van der Waals surface area contributed by atoms with Crippen LogP contribution in [0.1, 0.15) is 32.1 Å². The Hall–Kier alpha value is -1.81. The van der Waals surface area contributed by atoms with Crippen molar-refractivity contribution in [3.63, 3.8) is 0 Å². The second kappa shape index (κ2) is 6.97. The van der Waals surface area contributed by atoms with Crippen LogP contribution in [0.25, 0.3) is 0 Å². The first-order valence-corrected chi connectivity index (χ1v) is 8.12. The fraction of sp³-hybridized carbons (Fsp3) is 0.500. The molecule has 2 saturated heterocycles. The largest absolute Gasteiger partial charge is 0.489 e. The van der Waals surface area contributed by atoms with E-state index in [1.807, 2.05) is 24.3 Å². The minimum absolute atomic E-state index is 0.104. The molecule has 2 heterocycles. The van der Waals surface area contributed by atoms with Gasteiger partial charge in [0.1, 0.15) is 12.4 Å². The normalized spacial score (nSPS) is 26.5. The van der Waals surface area contributed by atoms with Gasteiger partial charge in [-0.25, -0.2) is 0 Å². The highest BCUT2D eigenvalue weighted by molar-refractivity contribution is 5.91. The summed E-state index contributed by atoms with van der Waals surface area (Å²) >= 11 is 0. The van der Waals surface area contributed by atoms with E-state index in [2.05, 4.69) is 17.2 Å². The average Bonchev–Trinajstić information content (AvgIpc) is 2.84. The van der Waals surface area contributed by atoms with E-state index in [0.29, 0.717) is 31.0 Å². The van der Waals surface area contributed by atoms with E-state index in [0.717, 1.165) is 24.3 Å². The predicted octanol–water partition coefficient (Wildman–Crippen LogP) is 3.11. The van der Waals surface area contributed by atoms with Crippen molar-refractivity contribution in [2.45, 2.75) is 44.2 Å². The standard InChI is InChI=1S/C18H24N2O2/c1-2-8-22-17-5-3-4-14(12-17)20-18(21)11-13-9-15-6-7-16(10-13)19-15/h2-5,12-13,15-16,19H,1,6-11H2,(H,20,21). The van der Waals surface area contributed by atoms with Crippen molar-refractivity contribution in [2.24, 2.45) is 5.92 Å². The molecular weight excluding hydrogens is 276 g/mol. The molecule has 0 spiro atoms. The van der Waals surface area contributed by atoms with E-state index < -0.39 is 0 Å². The van der Waals surface area contributed by atoms with Crippen molar-refractivity contribution in [2.75, 3.05) is 11.9 Å². The third kappa shape index (κ3) is 3.89. The van der Waals surface area contributed by atoms with Crippen LogP contribution in [0.15, 0.2) is 36.9 Å². The molecule has 0 aliphatic carbocycles. The Morgan fingerprint density at radius 3 is 2.86 bits per heavy atom. The number of amides is 1. The third-order valence-corrected chi connectivity index (χ3v) is 4.53. The molecule has 4 heteroatoms. The zero-order valence-electron chi connectivity index (χ0n) is 12.9. The molecule has 0 saturated carbocycles. The van der Waals surface area contributed by atoms with Crippen molar-refractivity contribution in [1.29, 1.82) is 0 Å². The summed E-state index contributed by atoms with van der Waals surface area (Å²) < 4.78 is 5.49. The molecule has 2 unspecified atom stereocenters. The first kappa shape index (κ1) is 15.1. The van der Waals surface area contributed by atoms with Gasteiger partial charge in [-0.05, 0) is 43.7 Å². The molecule has 2 N–H and O–H groups in total. The number of carbonyl (C=O) groups excluding carboxylic acids is 1. The van der Waals surface area contributed by atoms with E-state index in [-0.39, 0.29) is 5.91 Å². The number of anilines is 1. The summed E-state index contributed by atoms with van der Waals surface area (Å²) in [6, 6.07) is 8.78. The summed E-state index contributed by atoms with van der Waals surface area (Å²) in [5.74, 6) is 1.36. The number of ether oxygens (including phenoxy) is 1. The van der Waals surface area contributed by atoms with Crippen LogP contribution in [0, 0.1) is 5.92 Å². The summed E-state index contributed by atoms with van der Waals surface area (Å²) in [4.78, 5) is 12.3. The van der Waals surface area contributed by atoms with Gasteiger partial charge in [-0.2, -0.15) is 0 Å². The maximum atomic E-state index is 12.3. The van der Waals surface area contributed by atoms with E-state index in [1.165, 1.54) is 12.8 Å². The molecule has 2 aliphatic rings. The molecule has 3 rings (SSSR count). The van der Waals surface area contributed by atoms with Crippen molar-refractivity contribution in [3.05, 3.63) is 36.9 Å². The number of hydrogen-bond acceptors (Lipinski definition) is 3. The summed E-state index contributed by atoms with van der Waals surface area (Å²) in [5.41, 5.74) is 0.795. The summed E-state index contributed by atoms with van der Waals surface area (Å²) in [6.45, 7) is 4.10. The van der Waals surface area contributed by atoms with Crippen LogP contribution in [-0.4, -0.2) is 24.6 Å².